The molecule has 0 aromatic heterocycles. The van der Waals surface area contributed by atoms with Crippen LogP contribution in [0.1, 0.15) is 226 Å². The van der Waals surface area contributed by atoms with Gasteiger partial charge < -0.3 is 33.3 Å². The number of hydrogen-bond donors (Lipinski definition) is 0. The Balaban J connectivity index is 4.24. The first-order valence-corrected chi connectivity index (χ1v) is 27.6. The van der Waals surface area contributed by atoms with Crippen LogP contribution in [-0.2, 0) is 33.3 Å². The lowest BCUT2D eigenvalue weighted by Gasteiger charge is -2.26. The number of esters is 2. The molecular weight excluding hydrogens is 851 g/mol. The zero-order valence-corrected chi connectivity index (χ0v) is 44.5. The maximum Gasteiger partial charge on any atom is 0.306 e. The summed E-state index contributed by atoms with van der Waals surface area (Å²) in [6.45, 7) is 4.63. The standard InChI is InChI=1S/C59H103NO8/c1-6-8-10-12-14-16-18-20-22-23-24-25-26-27-28-29-30-31-32-33-34-35-36-38-40-42-44-46-48-50-57(62)68-55(54-67-59(58(63)64)65-52-51-60(3,4)5)53-66-56(61)49-47-45-43-41-39-37-21-19-17-15-13-11-9-7-2/h8,10,14,16,20,22,24-25,27-28,30-31,55,59H,6-7,9,11-13,15,17-19,21,23,26,29,32-54H2,1-5H3/b10-8-,16-14-,22-20-,25-24-,28-27-,31-30-. The van der Waals surface area contributed by atoms with E-state index in [0.717, 1.165) is 83.5 Å². The summed E-state index contributed by atoms with van der Waals surface area (Å²) in [7, 11) is 5.91. The van der Waals surface area contributed by atoms with E-state index in [1.807, 2.05) is 21.1 Å². The van der Waals surface area contributed by atoms with Gasteiger partial charge in [0.15, 0.2) is 12.4 Å². The van der Waals surface area contributed by atoms with Gasteiger partial charge in [0.2, 0.25) is 0 Å². The van der Waals surface area contributed by atoms with Gasteiger partial charge in [0, 0.05) is 12.8 Å². The van der Waals surface area contributed by atoms with Crippen molar-refractivity contribution in [3.8, 4) is 0 Å². The number of unbranched alkanes of at least 4 members (excludes halogenated alkanes) is 23. The predicted molar refractivity (Wildman–Crippen MR) is 283 cm³/mol. The maximum atomic E-state index is 12.8. The van der Waals surface area contributed by atoms with Crippen molar-refractivity contribution in [2.24, 2.45) is 0 Å². The molecule has 0 rings (SSSR count). The monoisotopic (exact) mass is 954 g/mol. The molecule has 0 saturated heterocycles. The third-order valence-electron chi connectivity index (χ3n) is 11.7. The molecule has 0 aliphatic rings. The normalized spacial score (nSPS) is 13.4. The van der Waals surface area contributed by atoms with E-state index >= 15 is 0 Å². The number of hydrogen-bond acceptors (Lipinski definition) is 8. The van der Waals surface area contributed by atoms with Gasteiger partial charge in [-0.15, -0.1) is 0 Å². The van der Waals surface area contributed by atoms with E-state index in [4.69, 9.17) is 18.9 Å². The van der Waals surface area contributed by atoms with Gasteiger partial charge in [0.05, 0.1) is 40.3 Å². The van der Waals surface area contributed by atoms with Crippen LogP contribution in [0.2, 0.25) is 0 Å². The number of nitrogens with zero attached hydrogens (tertiary/aromatic N) is 1. The molecule has 0 amide bonds. The summed E-state index contributed by atoms with van der Waals surface area (Å²) in [6, 6.07) is 0. The Morgan fingerprint density at radius 3 is 1.25 bits per heavy atom. The Bertz CT molecular complexity index is 1340. The average Bonchev–Trinajstić information content (AvgIpc) is 3.30. The lowest BCUT2D eigenvalue weighted by molar-refractivity contribution is -0.870. The molecule has 0 saturated carbocycles. The number of allylic oxidation sites excluding steroid dienone is 12. The van der Waals surface area contributed by atoms with Gasteiger partial charge >= 0.3 is 11.9 Å². The molecule has 0 aliphatic heterocycles. The third-order valence-corrected chi connectivity index (χ3v) is 11.7. The predicted octanol–water partition coefficient (Wildman–Crippen LogP) is 14.5. The molecule has 0 aliphatic carbocycles. The Hall–Kier alpha value is -3.27. The zero-order valence-electron chi connectivity index (χ0n) is 44.5. The fourth-order valence-corrected chi connectivity index (χ4v) is 7.48. The van der Waals surface area contributed by atoms with Gasteiger partial charge in [-0.1, -0.05) is 222 Å². The van der Waals surface area contributed by atoms with Gasteiger partial charge in [-0.25, -0.2) is 0 Å². The summed E-state index contributed by atoms with van der Waals surface area (Å²) >= 11 is 0. The topological polar surface area (TPSA) is 111 Å². The molecule has 0 radical (unpaired) electrons. The first-order chi connectivity index (χ1) is 33.1. The van der Waals surface area contributed by atoms with Crippen molar-refractivity contribution in [3.63, 3.8) is 0 Å². The van der Waals surface area contributed by atoms with E-state index in [1.165, 1.54) is 109 Å². The third kappa shape index (κ3) is 50.6. The highest BCUT2D eigenvalue weighted by Crippen LogP contribution is 2.16. The van der Waals surface area contributed by atoms with Crippen molar-refractivity contribution in [3.05, 3.63) is 72.9 Å². The molecule has 0 N–H and O–H groups in total. The quantitative estimate of drug-likeness (QED) is 0.0195. The molecule has 0 bridgehead atoms. The van der Waals surface area contributed by atoms with E-state index < -0.39 is 24.3 Å². The highest BCUT2D eigenvalue weighted by Gasteiger charge is 2.22. The van der Waals surface area contributed by atoms with Crippen LogP contribution in [0.3, 0.4) is 0 Å². The smallest absolute Gasteiger partial charge is 0.306 e. The zero-order chi connectivity index (χ0) is 49.9. The Morgan fingerprint density at radius 1 is 0.456 bits per heavy atom. The molecule has 2 unspecified atom stereocenters. The molecule has 68 heavy (non-hydrogen) atoms. The number of aliphatic carboxylic acids is 1. The largest absolute Gasteiger partial charge is 0.545 e. The second-order valence-electron chi connectivity index (χ2n) is 19.5. The minimum atomic E-state index is -1.62. The molecule has 9 nitrogen and oxygen atoms in total. The second kappa shape index (κ2) is 50.1. The van der Waals surface area contributed by atoms with Crippen molar-refractivity contribution < 1.29 is 42.9 Å². The Labute approximate surface area is 417 Å². The number of carbonyl (C=O) groups is 3. The van der Waals surface area contributed by atoms with Crippen LogP contribution in [0, 0.1) is 0 Å². The highest BCUT2D eigenvalue weighted by molar-refractivity contribution is 5.70. The van der Waals surface area contributed by atoms with Gasteiger partial charge in [-0.3, -0.25) is 9.59 Å². The summed E-state index contributed by atoms with van der Waals surface area (Å²) in [5.74, 6) is -2.29. The highest BCUT2D eigenvalue weighted by atomic mass is 16.7. The summed E-state index contributed by atoms with van der Waals surface area (Å²) < 4.78 is 22.7. The number of carboxylic acids is 1. The first kappa shape index (κ1) is 64.7. The van der Waals surface area contributed by atoms with Gasteiger partial charge in [0.25, 0.3) is 0 Å². The van der Waals surface area contributed by atoms with Crippen LogP contribution >= 0.6 is 0 Å². The molecule has 392 valence electrons. The Morgan fingerprint density at radius 2 is 0.838 bits per heavy atom. The van der Waals surface area contributed by atoms with Crippen LogP contribution < -0.4 is 5.11 Å². The van der Waals surface area contributed by atoms with Crippen LogP contribution in [0.15, 0.2) is 72.9 Å². The minimum Gasteiger partial charge on any atom is -0.545 e. The van der Waals surface area contributed by atoms with Crippen LogP contribution in [-0.4, -0.2) is 82.3 Å². The fraction of sp³-hybridized carbons (Fsp3) is 0.746. The van der Waals surface area contributed by atoms with Gasteiger partial charge in [0.1, 0.15) is 13.2 Å². The van der Waals surface area contributed by atoms with E-state index in [1.54, 1.807) is 0 Å². The SMILES string of the molecule is CC/C=C\C/C=C\C/C=C\C/C=C\C/C=C\C/C=C\CCCCCCCCCCCCC(=O)OC(COC(=O)CCCCCCCCCCCCCCCC)COC(OCC[N+](C)(C)C)C(=O)[O-]. The molecule has 2 atom stereocenters. The van der Waals surface area contributed by atoms with E-state index in [9.17, 15) is 19.5 Å². The van der Waals surface area contributed by atoms with E-state index in [0.29, 0.717) is 23.9 Å². The number of ether oxygens (including phenoxy) is 4. The lowest BCUT2D eigenvalue weighted by atomic mass is 10.0. The summed E-state index contributed by atoms with van der Waals surface area (Å²) in [5.41, 5.74) is 0. The van der Waals surface area contributed by atoms with Gasteiger partial charge in [-0.05, 0) is 64.2 Å². The number of carbonyl (C=O) groups excluding carboxylic acids is 3. The van der Waals surface area contributed by atoms with Crippen molar-refractivity contribution in [2.75, 3.05) is 47.5 Å². The molecule has 0 heterocycles. The fourth-order valence-electron chi connectivity index (χ4n) is 7.48. The summed E-state index contributed by atoms with van der Waals surface area (Å²) in [5, 5.41) is 11.7. The number of rotatable bonds is 50. The van der Waals surface area contributed by atoms with Crippen LogP contribution in [0.5, 0.6) is 0 Å². The minimum absolute atomic E-state index is 0.145. The van der Waals surface area contributed by atoms with Crippen molar-refractivity contribution in [1.29, 1.82) is 0 Å². The van der Waals surface area contributed by atoms with Crippen molar-refractivity contribution >= 4 is 17.9 Å². The molecule has 0 aromatic rings. The van der Waals surface area contributed by atoms with Crippen molar-refractivity contribution in [2.45, 2.75) is 238 Å². The number of carboxylic acid groups (broad SMARTS) is 1. The number of quaternary nitrogens is 1. The van der Waals surface area contributed by atoms with Crippen LogP contribution in [0.25, 0.3) is 0 Å². The molecule has 9 heteroatoms. The molecule has 0 fully saturated rings. The molecule has 0 spiro atoms. The molecule has 0 aromatic carbocycles. The van der Waals surface area contributed by atoms with Gasteiger partial charge in [-0.2, -0.15) is 0 Å². The Kier molecular flexibility index (Phi) is 47.7. The summed E-state index contributed by atoms with van der Waals surface area (Å²) in [4.78, 5) is 37.2. The lowest BCUT2D eigenvalue weighted by Crippen LogP contribution is -2.44. The van der Waals surface area contributed by atoms with Crippen LogP contribution in [0.4, 0.5) is 0 Å². The van der Waals surface area contributed by atoms with E-state index in [-0.39, 0.29) is 32.2 Å². The maximum absolute atomic E-state index is 12.8. The average molecular weight is 954 g/mol. The number of likely N-dealkylation sites (N-methyl/N-ethyl adjacent to an activating group) is 1. The van der Waals surface area contributed by atoms with Crippen molar-refractivity contribution in [1.82, 2.24) is 0 Å². The van der Waals surface area contributed by atoms with E-state index in [2.05, 4.69) is 86.8 Å². The molecular formula is C59H103NO8. The second-order valence-corrected chi connectivity index (χ2v) is 19.5. The first-order valence-electron chi connectivity index (χ1n) is 27.6. The summed E-state index contributed by atoms with van der Waals surface area (Å²) in [6.07, 6.45) is 60.8.